The van der Waals surface area contributed by atoms with Gasteiger partial charge in [-0.1, -0.05) is 24.3 Å². The molecule has 0 aliphatic carbocycles. The number of aliphatic imine (C=N–C) groups is 1. The fourth-order valence-electron chi connectivity index (χ4n) is 2.55. The second-order valence-corrected chi connectivity index (χ2v) is 8.41. The largest absolute Gasteiger partial charge is 0.493 e. The van der Waals surface area contributed by atoms with Crippen molar-refractivity contribution >= 4 is 51.4 Å². The Bertz CT molecular complexity index is 1030. The van der Waals surface area contributed by atoms with Gasteiger partial charge >= 0.3 is 5.97 Å². The molecule has 0 spiro atoms. The van der Waals surface area contributed by atoms with Gasteiger partial charge in [-0.25, -0.2) is 4.79 Å². The molecule has 1 saturated heterocycles. The monoisotopic (exact) mass is 448 g/mol. The fourth-order valence-corrected chi connectivity index (χ4v) is 4.13. The van der Waals surface area contributed by atoms with E-state index in [9.17, 15) is 14.7 Å². The van der Waals surface area contributed by atoms with Crippen molar-refractivity contribution in [2.24, 2.45) is 4.99 Å². The second-order valence-electron chi connectivity index (χ2n) is 6.24. The molecule has 11 heteroatoms. The van der Waals surface area contributed by atoms with Crippen LogP contribution in [0.15, 0.2) is 28.1 Å². The third kappa shape index (κ3) is 4.79. The first-order valence-corrected chi connectivity index (χ1v) is 10.6. The highest BCUT2D eigenvalue weighted by atomic mass is 32.2. The van der Waals surface area contributed by atoms with E-state index in [4.69, 9.17) is 9.47 Å². The Morgan fingerprint density at radius 3 is 2.73 bits per heavy atom. The van der Waals surface area contributed by atoms with Crippen molar-refractivity contribution in [2.45, 2.75) is 26.4 Å². The van der Waals surface area contributed by atoms with Gasteiger partial charge < -0.3 is 14.6 Å². The number of carboxylic acid groups (broad SMARTS) is 1. The van der Waals surface area contributed by atoms with E-state index in [1.54, 1.807) is 38.2 Å². The summed E-state index contributed by atoms with van der Waals surface area (Å²) in [5, 5.41) is 18.9. The van der Waals surface area contributed by atoms with Gasteiger partial charge in [-0.15, -0.1) is 10.2 Å². The Labute approximate surface area is 181 Å². The molecule has 158 valence electrons. The molecule has 1 N–H and O–H groups in total. The minimum absolute atomic E-state index is 0.184. The van der Waals surface area contributed by atoms with Crippen molar-refractivity contribution in [3.8, 4) is 11.5 Å². The van der Waals surface area contributed by atoms with Crippen LogP contribution in [-0.2, 0) is 9.59 Å². The molecule has 2 heterocycles. The highest BCUT2D eigenvalue weighted by molar-refractivity contribution is 8.18. The van der Waals surface area contributed by atoms with Gasteiger partial charge in [-0.2, -0.15) is 4.99 Å². The van der Waals surface area contributed by atoms with E-state index in [2.05, 4.69) is 15.2 Å². The summed E-state index contributed by atoms with van der Waals surface area (Å²) in [5.41, 5.74) is 0.708. The number of aliphatic carboxylic acids is 1. The molecule has 30 heavy (non-hydrogen) atoms. The number of hydrogen-bond acceptors (Lipinski definition) is 9. The zero-order valence-electron chi connectivity index (χ0n) is 16.8. The highest BCUT2D eigenvalue weighted by Crippen LogP contribution is 2.35. The molecule has 9 nitrogen and oxygen atoms in total. The number of aromatic nitrogens is 2. The Hall–Kier alpha value is -2.92. The van der Waals surface area contributed by atoms with Gasteiger partial charge in [0, 0.05) is 7.05 Å². The quantitative estimate of drug-likeness (QED) is 0.642. The molecular formula is C19H20N4O5S2. The molecule has 1 atom stereocenters. The van der Waals surface area contributed by atoms with Crippen LogP contribution in [-0.4, -0.2) is 57.5 Å². The van der Waals surface area contributed by atoms with Crippen LogP contribution in [0.1, 0.15) is 23.9 Å². The number of methoxy groups -OCH3 is 1. The molecule has 0 saturated carbocycles. The molecule has 1 unspecified atom stereocenters. The third-order valence-corrected chi connectivity index (χ3v) is 5.90. The molecular weight excluding hydrogens is 428 g/mol. The van der Waals surface area contributed by atoms with Crippen LogP contribution < -0.4 is 9.47 Å². The number of thioether (sulfide) groups is 1. The molecule has 1 aromatic carbocycles. The van der Waals surface area contributed by atoms with E-state index in [1.165, 1.54) is 35.1 Å². The highest BCUT2D eigenvalue weighted by Gasteiger charge is 2.31. The predicted molar refractivity (Wildman–Crippen MR) is 115 cm³/mol. The van der Waals surface area contributed by atoms with Crippen molar-refractivity contribution in [3.63, 3.8) is 0 Å². The summed E-state index contributed by atoms with van der Waals surface area (Å²) in [4.78, 5) is 30.2. The molecule has 1 amide bonds. The lowest BCUT2D eigenvalue weighted by Gasteiger charge is -2.16. The van der Waals surface area contributed by atoms with E-state index in [-0.39, 0.29) is 5.91 Å². The number of ether oxygens (including phenoxy) is 2. The number of benzene rings is 1. The number of amides is 1. The zero-order chi connectivity index (χ0) is 21.8. The lowest BCUT2D eigenvalue weighted by molar-refractivity contribution is -0.145. The standard InChI is InChI=1S/C19H20N4O5S2/c1-5-12(17(25)26)28-13-7-6-11(8-14(13)27-4)9-15-16(24)23(3)19(30-15)20-18-22-21-10(2)29-18/h6-9,12H,5H2,1-4H3,(H,25,26)/b15-9+,20-19+. The Morgan fingerprint density at radius 2 is 2.13 bits per heavy atom. The second kappa shape index (κ2) is 9.26. The van der Waals surface area contributed by atoms with Crippen molar-refractivity contribution in [2.75, 3.05) is 14.2 Å². The van der Waals surface area contributed by atoms with Crippen LogP contribution in [0, 0.1) is 6.92 Å². The van der Waals surface area contributed by atoms with Crippen molar-refractivity contribution in [1.29, 1.82) is 0 Å². The minimum Gasteiger partial charge on any atom is -0.493 e. The minimum atomic E-state index is -1.04. The number of rotatable bonds is 7. The lowest BCUT2D eigenvalue weighted by atomic mass is 10.1. The van der Waals surface area contributed by atoms with Crippen LogP contribution in [0.2, 0.25) is 0 Å². The molecule has 1 fully saturated rings. The average molecular weight is 449 g/mol. The Kier molecular flexibility index (Phi) is 6.73. The number of carbonyl (C=O) groups excluding carboxylic acids is 1. The first kappa shape index (κ1) is 21.8. The molecule has 1 aliphatic heterocycles. The molecule has 2 aromatic rings. The maximum Gasteiger partial charge on any atom is 0.344 e. The van der Waals surface area contributed by atoms with E-state index >= 15 is 0 Å². The average Bonchev–Trinajstić information content (AvgIpc) is 3.24. The molecule has 0 bridgehead atoms. The van der Waals surface area contributed by atoms with Crippen LogP contribution in [0.5, 0.6) is 11.5 Å². The summed E-state index contributed by atoms with van der Waals surface area (Å²) < 4.78 is 10.9. The topological polar surface area (TPSA) is 114 Å². The molecule has 1 aromatic heterocycles. The molecule has 1 aliphatic rings. The van der Waals surface area contributed by atoms with Gasteiger partial charge in [0.05, 0.1) is 12.0 Å². The first-order valence-electron chi connectivity index (χ1n) is 8.96. The van der Waals surface area contributed by atoms with Crippen LogP contribution in [0.25, 0.3) is 6.08 Å². The summed E-state index contributed by atoms with van der Waals surface area (Å²) in [6.45, 7) is 3.56. The number of carboxylic acids is 1. The van der Waals surface area contributed by atoms with Crippen LogP contribution >= 0.6 is 23.1 Å². The fraction of sp³-hybridized carbons (Fsp3) is 0.316. The van der Waals surface area contributed by atoms with Crippen LogP contribution in [0.4, 0.5) is 5.13 Å². The van der Waals surface area contributed by atoms with Gasteiger partial charge in [0.15, 0.2) is 22.8 Å². The third-order valence-electron chi connectivity index (χ3n) is 4.11. The summed E-state index contributed by atoms with van der Waals surface area (Å²) in [6.07, 6.45) is 1.07. The number of nitrogens with zero attached hydrogens (tertiary/aromatic N) is 4. The number of amidine groups is 1. The predicted octanol–water partition coefficient (Wildman–Crippen LogP) is 3.33. The van der Waals surface area contributed by atoms with Crippen molar-refractivity contribution in [3.05, 3.63) is 33.7 Å². The van der Waals surface area contributed by atoms with Gasteiger partial charge in [-0.3, -0.25) is 9.69 Å². The van der Waals surface area contributed by atoms with E-state index < -0.39 is 12.1 Å². The van der Waals surface area contributed by atoms with E-state index in [1.807, 2.05) is 6.92 Å². The number of aryl methyl sites for hydroxylation is 1. The van der Waals surface area contributed by atoms with Gasteiger partial charge in [0.25, 0.3) is 5.91 Å². The van der Waals surface area contributed by atoms with Gasteiger partial charge in [-0.05, 0) is 48.9 Å². The summed E-state index contributed by atoms with van der Waals surface area (Å²) in [5.74, 6) is -0.522. The smallest absolute Gasteiger partial charge is 0.344 e. The number of hydrogen-bond donors (Lipinski definition) is 1. The number of carbonyl (C=O) groups is 2. The summed E-state index contributed by atoms with van der Waals surface area (Å²) in [6, 6.07) is 5.05. The Balaban J connectivity index is 1.84. The zero-order valence-corrected chi connectivity index (χ0v) is 18.4. The summed E-state index contributed by atoms with van der Waals surface area (Å²) >= 11 is 2.58. The van der Waals surface area contributed by atoms with Gasteiger partial charge in [0.2, 0.25) is 5.13 Å². The van der Waals surface area contributed by atoms with Gasteiger partial charge in [0.1, 0.15) is 5.01 Å². The van der Waals surface area contributed by atoms with Crippen molar-refractivity contribution in [1.82, 2.24) is 15.1 Å². The molecule has 0 radical (unpaired) electrons. The Morgan fingerprint density at radius 1 is 1.37 bits per heavy atom. The van der Waals surface area contributed by atoms with Crippen molar-refractivity contribution < 1.29 is 24.2 Å². The maximum atomic E-state index is 12.6. The lowest BCUT2D eigenvalue weighted by Crippen LogP contribution is -2.26. The normalized spacial score (nSPS) is 17.6. The maximum absolute atomic E-state index is 12.6. The SMILES string of the molecule is CCC(Oc1ccc(/C=C2/S/C(=N/c3nnc(C)s3)N(C)C2=O)cc1OC)C(=O)O. The van der Waals surface area contributed by atoms with E-state index in [0.29, 0.717) is 38.7 Å². The summed E-state index contributed by atoms with van der Waals surface area (Å²) in [7, 11) is 3.12. The number of likely N-dealkylation sites (N-methyl/N-ethyl adjacent to an activating group) is 1. The first-order chi connectivity index (χ1) is 14.3. The van der Waals surface area contributed by atoms with Crippen LogP contribution in [0.3, 0.4) is 0 Å². The van der Waals surface area contributed by atoms with E-state index in [0.717, 1.165) is 5.01 Å². The molecule has 3 rings (SSSR count).